The van der Waals surface area contributed by atoms with E-state index < -0.39 is 0 Å². The van der Waals surface area contributed by atoms with Crippen LogP contribution in [0.2, 0.25) is 5.02 Å². The fourth-order valence-electron chi connectivity index (χ4n) is 2.92. The Morgan fingerprint density at radius 3 is 2.55 bits per heavy atom. The number of anilines is 1. The van der Waals surface area contributed by atoms with Gasteiger partial charge in [0.2, 0.25) is 0 Å². The first-order valence-electron chi connectivity index (χ1n) is 7.43. The van der Waals surface area contributed by atoms with Crippen LogP contribution in [0.25, 0.3) is 0 Å². The van der Waals surface area contributed by atoms with Crippen molar-refractivity contribution in [3.63, 3.8) is 0 Å². The predicted octanol–water partition coefficient (Wildman–Crippen LogP) is 3.87. The van der Waals surface area contributed by atoms with E-state index in [4.69, 9.17) is 17.3 Å². The van der Waals surface area contributed by atoms with Crippen LogP contribution in [0.3, 0.4) is 0 Å². The number of benzene rings is 1. The van der Waals surface area contributed by atoms with Crippen LogP contribution >= 0.6 is 11.6 Å². The molecule has 1 amide bonds. The minimum Gasteiger partial charge on any atom is -0.398 e. The maximum atomic E-state index is 12.1. The van der Waals surface area contributed by atoms with E-state index in [1.807, 2.05) is 0 Å². The number of hydrogen-bond acceptors (Lipinski definition) is 2. The van der Waals surface area contributed by atoms with Crippen molar-refractivity contribution in [3.05, 3.63) is 28.8 Å². The summed E-state index contributed by atoms with van der Waals surface area (Å²) in [6.45, 7) is 3.01. The second-order valence-corrected chi connectivity index (χ2v) is 6.17. The van der Waals surface area contributed by atoms with Crippen LogP contribution in [0.5, 0.6) is 0 Å². The van der Waals surface area contributed by atoms with Crippen LogP contribution < -0.4 is 11.1 Å². The molecule has 3 N–H and O–H groups in total. The lowest BCUT2D eigenvalue weighted by molar-refractivity contribution is 0.0942. The minimum atomic E-state index is -0.100. The summed E-state index contributed by atoms with van der Waals surface area (Å²) in [5.41, 5.74) is 6.77. The van der Waals surface area contributed by atoms with Crippen molar-refractivity contribution in [2.75, 3.05) is 12.3 Å². The molecule has 1 aliphatic rings. The highest BCUT2D eigenvalue weighted by Gasteiger charge is 2.20. The first-order chi connectivity index (χ1) is 9.60. The van der Waals surface area contributed by atoms with Gasteiger partial charge < -0.3 is 11.1 Å². The molecule has 0 spiro atoms. The van der Waals surface area contributed by atoms with Gasteiger partial charge in [-0.05, 0) is 42.9 Å². The van der Waals surface area contributed by atoms with E-state index in [1.54, 1.807) is 18.2 Å². The van der Waals surface area contributed by atoms with Crippen LogP contribution in [-0.2, 0) is 0 Å². The number of nitrogens with two attached hydrogens (primary N) is 1. The smallest absolute Gasteiger partial charge is 0.253 e. The Kier molecular flexibility index (Phi) is 5.30. The minimum absolute atomic E-state index is 0.100. The quantitative estimate of drug-likeness (QED) is 0.828. The van der Waals surface area contributed by atoms with Crippen molar-refractivity contribution in [3.8, 4) is 0 Å². The van der Waals surface area contributed by atoms with Gasteiger partial charge in [-0.2, -0.15) is 0 Å². The first-order valence-corrected chi connectivity index (χ1v) is 7.81. The highest BCUT2D eigenvalue weighted by Crippen LogP contribution is 2.30. The topological polar surface area (TPSA) is 55.1 Å². The molecule has 0 saturated heterocycles. The SMILES string of the molecule is CCC1CCC(CNC(=O)c2ccc(Cl)cc2N)CC1. The number of nitrogens with one attached hydrogen (secondary N) is 1. The van der Waals surface area contributed by atoms with E-state index in [0.717, 1.165) is 12.5 Å². The molecule has 110 valence electrons. The Labute approximate surface area is 125 Å². The average Bonchev–Trinajstić information content (AvgIpc) is 2.45. The summed E-state index contributed by atoms with van der Waals surface area (Å²) in [6, 6.07) is 4.99. The molecule has 2 rings (SSSR count). The molecule has 1 aromatic carbocycles. The zero-order chi connectivity index (χ0) is 14.5. The van der Waals surface area contributed by atoms with Gasteiger partial charge in [0.05, 0.1) is 5.56 Å². The predicted molar refractivity (Wildman–Crippen MR) is 83.9 cm³/mol. The van der Waals surface area contributed by atoms with Crippen LogP contribution in [0.15, 0.2) is 18.2 Å². The number of nitrogen functional groups attached to an aromatic ring is 1. The van der Waals surface area contributed by atoms with Crippen LogP contribution in [0, 0.1) is 11.8 Å². The van der Waals surface area contributed by atoms with E-state index >= 15 is 0 Å². The number of hydrogen-bond donors (Lipinski definition) is 2. The van der Waals surface area contributed by atoms with Gasteiger partial charge in [-0.15, -0.1) is 0 Å². The van der Waals surface area contributed by atoms with Crippen molar-refractivity contribution in [2.45, 2.75) is 39.0 Å². The third-order valence-electron chi connectivity index (χ3n) is 4.35. The largest absolute Gasteiger partial charge is 0.398 e. The van der Waals surface area contributed by atoms with E-state index in [9.17, 15) is 4.79 Å². The standard InChI is InChI=1S/C16H23ClN2O/c1-2-11-3-5-12(6-4-11)10-19-16(20)14-8-7-13(17)9-15(14)18/h7-9,11-12H,2-6,10,18H2,1H3,(H,19,20). The van der Waals surface area contributed by atoms with Crippen molar-refractivity contribution in [1.82, 2.24) is 5.32 Å². The molecule has 4 heteroatoms. The Balaban J connectivity index is 1.83. The molecule has 1 fully saturated rings. The van der Waals surface area contributed by atoms with Gasteiger partial charge in [0.1, 0.15) is 0 Å². The number of carbonyl (C=O) groups is 1. The maximum absolute atomic E-state index is 12.1. The molecule has 0 aromatic heterocycles. The van der Waals surface area contributed by atoms with Gasteiger partial charge in [-0.25, -0.2) is 0 Å². The lowest BCUT2D eigenvalue weighted by Crippen LogP contribution is -2.31. The van der Waals surface area contributed by atoms with E-state index in [-0.39, 0.29) is 5.91 Å². The third-order valence-corrected chi connectivity index (χ3v) is 4.59. The highest BCUT2D eigenvalue weighted by molar-refractivity contribution is 6.31. The van der Waals surface area contributed by atoms with Gasteiger partial charge >= 0.3 is 0 Å². The fourth-order valence-corrected chi connectivity index (χ4v) is 3.10. The molecule has 20 heavy (non-hydrogen) atoms. The Hall–Kier alpha value is -1.22. The number of carbonyl (C=O) groups excluding carboxylic acids is 1. The summed E-state index contributed by atoms with van der Waals surface area (Å²) in [6.07, 6.45) is 6.30. The van der Waals surface area contributed by atoms with Gasteiger partial charge in [-0.3, -0.25) is 4.79 Å². The molecule has 0 aliphatic heterocycles. The van der Waals surface area contributed by atoms with Crippen molar-refractivity contribution in [1.29, 1.82) is 0 Å². The van der Waals surface area contributed by atoms with Crippen molar-refractivity contribution in [2.24, 2.45) is 11.8 Å². The highest BCUT2D eigenvalue weighted by atomic mass is 35.5. The monoisotopic (exact) mass is 294 g/mol. The van der Waals surface area contributed by atoms with Crippen molar-refractivity contribution >= 4 is 23.2 Å². The van der Waals surface area contributed by atoms with Gasteiger partial charge in [0.25, 0.3) is 5.91 Å². The van der Waals surface area contributed by atoms with E-state index in [0.29, 0.717) is 22.2 Å². The third kappa shape index (κ3) is 3.89. The van der Waals surface area contributed by atoms with Gasteiger partial charge in [-0.1, -0.05) is 37.8 Å². The summed E-state index contributed by atoms with van der Waals surface area (Å²) < 4.78 is 0. The molecule has 0 radical (unpaired) electrons. The average molecular weight is 295 g/mol. The Bertz CT molecular complexity index is 468. The maximum Gasteiger partial charge on any atom is 0.253 e. The zero-order valence-corrected chi connectivity index (χ0v) is 12.7. The summed E-state index contributed by atoms with van der Waals surface area (Å²) in [4.78, 5) is 12.1. The molecule has 1 aliphatic carbocycles. The van der Waals surface area contributed by atoms with Gasteiger partial charge in [0, 0.05) is 17.3 Å². The van der Waals surface area contributed by atoms with Gasteiger partial charge in [0.15, 0.2) is 0 Å². The van der Waals surface area contributed by atoms with Crippen molar-refractivity contribution < 1.29 is 4.79 Å². The van der Waals surface area contributed by atoms with Crippen LogP contribution in [0.4, 0.5) is 5.69 Å². The number of amides is 1. The molecule has 1 saturated carbocycles. The Morgan fingerprint density at radius 2 is 1.95 bits per heavy atom. The first kappa shape index (κ1) is 15.2. The molecular formula is C16H23ClN2O. The number of halogens is 1. The van der Waals surface area contributed by atoms with Crippen LogP contribution in [0.1, 0.15) is 49.4 Å². The summed E-state index contributed by atoms with van der Waals surface area (Å²) in [7, 11) is 0. The molecule has 3 nitrogen and oxygen atoms in total. The molecule has 1 aromatic rings. The molecule has 0 atom stereocenters. The second-order valence-electron chi connectivity index (χ2n) is 5.74. The lowest BCUT2D eigenvalue weighted by Gasteiger charge is -2.27. The zero-order valence-electron chi connectivity index (χ0n) is 12.0. The normalized spacial score (nSPS) is 22.5. The number of rotatable bonds is 4. The lowest BCUT2D eigenvalue weighted by atomic mass is 9.81. The van der Waals surface area contributed by atoms with E-state index in [2.05, 4.69) is 12.2 Å². The van der Waals surface area contributed by atoms with E-state index in [1.165, 1.54) is 32.1 Å². The molecule has 0 unspecified atom stereocenters. The molecular weight excluding hydrogens is 272 g/mol. The molecule has 0 bridgehead atoms. The second kappa shape index (κ2) is 6.98. The van der Waals surface area contributed by atoms with Crippen LogP contribution in [-0.4, -0.2) is 12.5 Å². The fraction of sp³-hybridized carbons (Fsp3) is 0.562. The summed E-state index contributed by atoms with van der Waals surface area (Å²) in [5.74, 6) is 1.39. The molecule has 0 heterocycles. The Morgan fingerprint density at radius 1 is 1.30 bits per heavy atom. The summed E-state index contributed by atoms with van der Waals surface area (Å²) in [5, 5.41) is 3.55. The summed E-state index contributed by atoms with van der Waals surface area (Å²) >= 11 is 5.84.